The van der Waals surface area contributed by atoms with Crippen molar-refractivity contribution in [3.05, 3.63) is 66.0 Å². The molecule has 0 bridgehead atoms. The number of aliphatic imine (C=N–C) groups is 1. The van der Waals surface area contributed by atoms with Gasteiger partial charge < -0.3 is 15.5 Å². The number of hydrogen-bond acceptors (Lipinski definition) is 3. The molecule has 0 aliphatic rings. The number of aromatic nitrogens is 1. The number of amides is 1. The molecule has 0 fully saturated rings. The molecule has 27 heavy (non-hydrogen) atoms. The monoisotopic (exact) mass is 481 g/mol. The van der Waals surface area contributed by atoms with Gasteiger partial charge in [0.25, 0.3) is 0 Å². The number of rotatable bonds is 7. The average molecular weight is 481 g/mol. The van der Waals surface area contributed by atoms with Crippen LogP contribution in [-0.4, -0.2) is 48.9 Å². The van der Waals surface area contributed by atoms with Gasteiger partial charge in [-0.1, -0.05) is 36.4 Å². The van der Waals surface area contributed by atoms with Gasteiger partial charge >= 0.3 is 0 Å². The van der Waals surface area contributed by atoms with Crippen LogP contribution in [0.1, 0.15) is 24.2 Å². The van der Waals surface area contributed by atoms with Crippen LogP contribution in [0.25, 0.3) is 0 Å². The lowest BCUT2D eigenvalue weighted by molar-refractivity contribution is -0.127. The fourth-order valence-corrected chi connectivity index (χ4v) is 2.33. The van der Waals surface area contributed by atoms with Crippen LogP contribution < -0.4 is 10.6 Å². The second kappa shape index (κ2) is 12.3. The van der Waals surface area contributed by atoms with Gasteiger partial charge in [0.1, 0.15) is 6.54 Å². The molecular formula is C20H28IN5O. The summed E-state index contributed by atoms with van der Waals surface area (Å²) in [6, 6.07) is 16.1. The molecular weight excluding hydrogens is 453 g/mol. The summed E-state index contributed by atoms with van der Waals surface area (Å²) in [4.78, 5) is 22.1. The van der Waals surface area contributed by atoms with E-state index in [0.29, 0.717) is 12.5 Å². The minimum absolute atomic E-state index is 0. The maximum absolute atomic E-state index is 11.9. The maximum Gasteiger partial charge on any atom is 0.243 e. The van der Waals surface area contributed by atoms with E-state index in [4.69, 9.17) is 0 Å². The molecule has 0 radical (unpaired) electrons. The van der Waals surface area contributed by atoms with Gasteiger partial charge in [-0.2, -0.15) is 0 Å². The Morgan fingerprint density at radius 3 is 2.48 bits per heavy atom. The minimum atomic E-state index is -0.0387. The largest absolute Gasteiger partial charge is 0.356 e. The highest BCUT2D eigenvalue weighted by Crippen LogP contribution is 2.10. The van der Waals surface area contributed by atoms with E-state index in [-0.39, 0.29) is 42.5 Å². The fraction of sp³-hybridized carbons (Fsp3) is 0.350. The number of carbonyl (C=O) groups is 1. The summed E-state index contributed by atoms with van der Waals surface area (Å²) in [5, 5.41) is 6.65. The van der Waals surface area contributed by atoms with Crippen LogP contribution in [0.2, 0.25) is 0 Å². The summed E-state index contributed by atoms with van der Waals surface area (Å²) in [5.74, 6) is 0.579. The lowest BCUT2D eigenvalue weighted by Crippen LogP contribution is -2.40. The van der Waals surface area contributed by atoms with Crippen molar-refractivity contribution >= 4 is 35.8 Å². The number of nitrogens with zero attached hydrogens (tertiary/aromatic N) is 3. The van der Waals surface area contributed by atoms with Gasteiger partial charge in [-0.05, 0) is 24.6 Å². The lowest BCUT2D eigenvalue weighted by atomic mass is 10.1. The Balaban J connectivity index is 0.00000364. The second-order valence-corrected chi connectivity index (χ2v) is 6.23. The van der Waals surface area contributed by atoms with Crippen molar-refractivity contribution < 1.29 is 4.79 Å². The summed E-state index contributed by atoms with van der Waals surface area (Å²) in [6.07, 6.45) is 2.57. The van der Waals surface area contributed by atoms with Crippen molar-refractivity contribution in [3.8, 4) is 0 Å². The number of hydrogen-bond donors (Lipinski definition) is 2. The van der Waals surface area contributed by atoms with Gasteiger partial charge in [0, 0.05) is 39.0 Å². The van der Waals surface area contributed by atoms with Crippen molar-refractivity contribution in [2.75, 3.05) is 27.2 Å². The first-order chi connectivity index (χ1) is 12.6. The molecule has 0 saturated heterocycles. The fourth-order valence-electron chi connectivity index (χ4n) is 2.33. The van der Waals surface area contributed by atoms with Gasteiger partial charge in [0.15, 0.2) is 5.96 Å². The highest BCUT2D eigenvalue weighted by Gasteiger charge is 2.09. The predicted octanol–water partition coefficient (Wildman–Crippen LogP) is 2.63. The summed E-state index contributed by atoms with van der Waals surface area (Å²) >= 11 is 0. The molecule has 1 aromatic heterocycles. The van der Waals surface area contributed by atoms with Crippen LogP contribution in [0.5, 0.6) is 0 Å². The van der Waals surface area contributed by atoms with Crippen molar-refractivity contribution in [2.24, 2.45) is 4.99 Å². The Morgan fingerprint density at radius 1 is 1.15 bits per heavy atom. The van der Waals surface area contributed by atoms with Gasteiger partial charge in [-0.25, -0.2) is 4.99 Å². The molecule has 1 atom stereocenters. The van der Waals surface area contributed by atoms with Crippen LogP contribution in [0, 0.1) is 0 Å². The molecule has 2 aromatic rings. The zero-order valence-corrected chi connectivity index (χ0v) is 18.4. The standard InChI is InChI=1S/C20H27N5O.HI/c1-16(17-9-5-4-6-10-17)24-20(23-15-19(26)25(2)3)22-14-12-18-11-7-8-13-21-18;/h4-11,13,16H,12,14-15H2,1-3H3,(H2,22,23,24);1H. The molecule has 0 saturated carbocycles. The Kier molecular flexibility index (Phi) is 10.4. The number of nitrogens with one attached hydrogen (secondary N) is 2. The van der Waals surface area contributed by atoms with Crippen LogP contribution in [0.15, 0.2) is 59.7 Å². The number of halogens is 1. The quantitative estimate of drug-likeness (QED) is 0.363. The number of likely N-dealkylation sites (N-methyl/N-ethyl adjacent to an activating group) is 1. The average Bonchev–Trinajstić information content (AvgIpc) is 2.67. The first-order valence-corrected chi connectivity index (χ1v) is 8.76. The van der Waals surface area contributed by atoms with Gasteiger partial charge in [0.2, 0.25) is 5.91 Å². The minimum Gasteiger partial charge on any atom is -0.356 e. The third-order valence-corrected chi connectivity index (χ3v) is 3.92. The summed E-state index contributed by atoms with van der Waals surface area (Å²) in [5.41, 5.74) is 2.17. The molecule has 1 unspecified atom stereocenters. The first-order valence-electron chi connectivity index (χ1n) is 8.76. The highest BCUT2D eigenvalue weighted by atomic mass is 127. The molecule has 0 spiro atoms. The predicted molar refractivity (Wildman–Crippen MR) is 120 cm³/mol. The number of benzene rings is 1. The molecule has 0 aliphatic heterocycles. The van der Waals surface area contributed by atoms with E-state index in [1.807, 2.05) is 36.4 Å². The SMILES string of the molecule is CC(NC(=NCC(=O)N(C)C)NCCc1ccccn1)c1ccccc1.I. The Labute approximate surface area is 178 Å². The molecule has 2 rings (SSSR count). The van der Waals surface area contributed by atoms with Crippen molar-refractivity contribution in [1.29, 1.82) is 0 Å². The first kappa shape index (κ1) is 22.9. The van der Waals surface area contributed by atoms with Gasteiger partial charge in [0.05, 0.1) is 6.04 Å². The molecule has 146 valence electrons. The molecule has 1 aromatic carbocycles. The maximum atomic E-state index is 11.9. The van der Waals surface area contributed by atoms with Crippen molar-refractivity contribution in [1.82, 2.24) is 20.5 Å². The molecule has 6 nitrogen and oxygen atoms in total. The van der Waals surface area contributed by atoms with E-state index in [2.05, 4.69) is 39.7 Å². The lowest BCUT2D eigenvalue weighted by Gasteiger charge is -2.19. The van der Waals surface area contributed by atoms with E-state index in [1.165, 1.54) is 4.90 Å². The second-order valence-electron chi connectivity index (χ2n) is 6.23. The Morgan fingerprint density at radius 2 is 1.85 bits per heavy atom. The Hall–Kier alpha value is -2.16. The normalized spacial score (nSPS) is 11.9. The van der Waals surface area contributed by atoms with Crippen LogP contribution in [0.4, 0.5) is 0 Å². The molecule has 7 heteroatoms. The highest BCUT2D eigenvalue weighted by molar-refractivity contribution is 14.0. The third-order valence-electron chi connectivity index (χ3n) is 3.92. The zero-order valence-electron chi connectivity index (χ0n) is 16.1. The number of pyridine rings is 1. The van der Waals surface area contributed by atoms with E-state index in [9.17, 15) is 4.79 Å². The molecule has 2 N–H and O–H groups in total. The van der Waals surface area contributed by atoms with Crippen LogP contribution in [-0.2, 0) is 11.2 Å². The van der Waals surface area contributed by atoms with Crippen molar-refractivity contribution in [2.45, 2.75) is 19.4 Å². The Bertz CT molecular complexity index is 707. The molecule has 0 aliphatic carbocycles. The molecule has 1 amide bonds. The van der Waals surface area contributed by atoms with E-state index < -0.39 is 0 Å². The van der Waals surface area contributed by atoms with E-state index in [1.54, 1.807) is 20.3 Å². The van der Waals surface area contributed by atoms with E-state index >= 15 is 0 Å². The smallest absolute Gasteiger partial charge is 0.243 e. The summed E-state index contributed by atoms with van der Waals surface area (Å²) < 4.78 is 0. The van der Waals surface area contributed by atoms with Crippen LogP contribution in [0.3, 0.4) is 0 Å². The summed E-state index contributed by atoms with van der Waals surface area (Å²) in [7, 11) is 3.46. The van der Waals surface area contributed by atoms with Gasteiger partial charge in [-0.15, -0.1) is 24.0 Å². The van der Waals surface area contributed by atoms with Crippen molar-refractivity contribution in [3.63, 3.8) is 0 Å². The molecule has 1 heterocycles. The van der Waals surface area contributed by atoms with Gasteiger partial charge in [-0.3, -0.25) is 9.78 Å². The topological polar surface area (TPSA) is 69.6 Å². The van der Waals surface area contributed by atoms with E-state index in [0.717, 1.165) is 17.7 Å². The number of carbonyl (C=O) groups excluding carboxylic acids is 1. The third kappa shape index (κ3) is 8.38. The zero-order chi connectivity index (χ0) is 18.8. The summed E-state index contributed by atoms with van der Waals surface area (Å²) in [6.45, 7) is 2.85. The number of guanidine groups is 1. The van der Waals surface area contributed by atoms with Crippen LogP contribution >= 0.6 is 24.0 Å².